The molecule has 0 amide bonds. The van der Waals surface area contributed by atoms with E-state index < -0.39 is 10.0 Å². The lowest BCUT2D eigenvalue weighted by Gasteiger charge is -2.38. The molecular weight excluding hydrogens is 360 g/mol. The molecule has 140 valence electrons. The number of fused-ring (bicyclic) bond motifs is 1. The van der Waals surface area contributed by atoms with Gasteiger partial charge in [0.25, 0.3) is 10.0 Å². The van der Waals surface area contributed by atoms with Crippen molar-refractivity contribution >= 4 is 21.5 Å². The van der Waals surface area contributed by atoms with E-state index in [9.17, 15) is 13.2 Å². The number of sulfonamides is 1. The van der Waals surface area contributed by atoms with E-state index in [2.05, 4.69) is 4.90 Å². The maximum atomic E-state index is 13.4. The molecule has 0 unspecified atom stereocenters. The zero-order valence-corrected chi connectivity index (χ0v) is 16.1. The second kappa shape index (κ2) is 6.85. The summed E-state index contributed by atoms with van der Waals surface area (Å²) in [7, 11) is -2.29. The molecule has 2 aromatic rings. The Morgan fingerprint density at radius 1 is 0.889 bits per heavy atom. The van der Waals surface area contributed by atoms with Gasteiger partial charge in [-0.2, -0.15) is 0 Å². The first-order valence-corrected chi connectivity index (χ1v) is 10.6. The third-order valence-corrected chi connectivity index (χ3v) is 7.06. The normalized spacial score (nSPS) is 19.0. The van der Waals surface area contributed by atoms with Crippen LogP contribution in [-0.2, 0) is 10.0 Å². The third-order valence-electron chi connectivity index (χ3n) is 5.24. The van der Waals surface area contributed by atoms with Crippen LogP contribution in [0.5, 0.6) is 0 Å². The monoisotopic (exact) mass is 382 g/mol. The van der Waals surface area contributed by atoms with Crippen molar-refractivity contribution in [1.82, 2.24) is 9.21 Å². The first-order valence-electron chi connectivity index (χ1n) is 9.19. The van der Waals surface area contributed by atoms with Gasteiger partial charge in [0.15, 0.2) is 0 Å². The molecule has 2 aliphatic rings. The van der Waals surface area contributed by atoms with Gasteiger partial charge in [0.05, 0.1) is 10.6 Å². The highest BCUT2D eigenvalue weighted by molar-refractivity contribution is 7.89. The Morgan fingerprint density at radius 3 is 2.22 bits per heavy atom. The Morgan fingerprint density at radius 2 is 1.52 bits per heavy atom. The predicted octanol–water partition coefficient (Wildman–Crippen LogP) is 3.36. The van der Waals surface area contributed by atoms with Gasteiger partial charge in [-0.05, 0) is 25.3 Å². The number of piperidine rings is 1. The fourth-order valence-electron chi connectivity index (χ4n) is 3.85. The Hall–Kier alpha value is -2.60. The van der Waals surface area contributed by atoms with E-state index in [0.717, 1.165) is 42.4 Å². The van der Waals surface area contributed by atoms with E-state index in [1.807, 2.05) is 18.2 Å². The summed E-state index contributed by atoms with van der Waals surface area (Å²) in [6.07, 6.45) is 3.23. The lowest BCUT2D eigenvalue weighted by Crippen LogP contribution is -2.40. The Bertz CT molecular complexity index is 1010. The summed E-state index contributed by atoms with van der Waals surface area (Å²) in [5.74, 6) is -0.267. The van der Waals surface area contributed by atoms with Crippen molar-refractivity contribution in [3.8, 4) is 0 Å². The largest absolute Gasteiger partial charge is 0.369 e. The van der Waals surface area contributed by atoms with Crippen molar-refractivity contribution in [1.29, 1.82) is 0 Å². The van der Waals surface area contributed by atoms with Crippen molar-refractivity contribution in [2.75, 3.05) is 20.1 Å². The van der Waals surface area contributed by atoms with E-state index >= 15 is 0 Å². The van der Waals surface area contributed by atoms with Gasteiger partial charge in [0, 0.05) is 31.3 Å². The first-order chi connectivity index (χ1) is 13.0. The second-order valence-corrected chi connectivity index (χ2v) is 8.85. The molecule has 1 saturated heterocycles. The Balaban J connectivity index is 1.98. The van der Waals surface area contributed by atoms with Gasteiger partial charge in [-0.25, -0.2) is 8.42 Å². The molecule has 6 heteroatoms. The molecule has 2 aliphatic heterocycles. The maximum absolute atomic E-state index is 13.4. The number of rotatable bonds is 3. The number of ketones is 1. The van der Waals surface area contributed by atoms with Gasteiger partial charge in [0.1, 0.15) is 5.70 Å². The summed E-state index contributed by atoms with van der Waals surface area (Å²) in [6, 6.07) is 15.9. The zero-order valence-electron chi connectivity index (χ0n) is 15.3. The van der Waals surface area contributed by atoms with E-state index in [4.69, 9.17) is 0 Å². The highest BCUT2D eigenvalue weighted by atomic mass is 32.2. The number of hydrogen-bond donors (Lipinski definition) is 0. The molecule has 2 heterocycles. The molecule has 0 aromatic heterocycles. The lowest BCUT2D eigenvalue weighted by molar-refractivity contribution is 0.101. The number of likely N-dealkylation sites (tertiary alicyclic amines) is 1. The van der Waals surface area contributed by atoms with Gasteiger partial charge in [-0.15, -0.1) is 0 Å². The highest BCUT2D eigenvalue weighted by Crippen LogP contribution is 2.39. The molecule has 2 aromatic carbocycles. The van der Waals surface area contributed by atoms with Crippen molar-refractivity contribution in [3.05, 3.63) is 71.4 Å². The zero-order chi connectivity index (χ0) is 19.0. The first kappa shape index (κ1) is 17.8. The van der Waals surface area contributed by atoms with Crippen LogP contribution in [0.15, 0.2) is 65.2 Å². The van der Waals surface area contributed by atoms with Crippen LogP contribution in [0.25, 0.3) is 5.70 Å². The van der Waals surface area contributed by atoms with Gasteiger partial charge in [-0.1, -0.05) is 48.5 Å². The number of benzene rings is 2. The Labute approximate surface area is 160 Å². The average molecular weight is 382 g/mol. The number of hydrogen-bond acceptors (Lipinski definition) is 4. The van der Waals surface area contributed by atoms with Crippen molar-refractivity contribution in [2.45, 2.75) is 24.2 Å². The number of likely N-dealkylation sites (N-methyl/N-ethyl adjacent to an activating group) is 1. The molecule has 0 aliphatic carbocycles. The molecule has 1 fully saturated rings. The Kier molecular flexibility index (Phi) is 4.52. The molecule has 0 atom stereocenters. The van der Waals surface area contributed by atoms with Gasteiger partial charge >= 0.3 is 0 Å². The summed E-state index contributed by atoms with van der Waals surface area (Å²) in [5, 5.41) is 0. The van der Waals surface area contributed by atoms with Crippen molar-refractivity contribution in [2.24, 2.45) is 0 Å². The lowest BCUT2D eigenvalue weighted by atomic mass is 10.00. The predicted molar refractivity (Wildman–Crippen MR) is 105 cm³/mol. The number of Topliss-reactive ketones (excluding diaryl/α,β-unsaturated/α-hetero) is 1. The van der Waals surface area contributed by atoms with Crippen molar-refractivity contribution in [3.63, 3.8) is 0 Å². The second-order valence-electron chi connectivity index (χ2n) is 6.91. The van der Waals surface area contributed by atoms with Gasteiger partial charge in [-0.3, -0.25) is 9.10 Å². The van der Waals surface area contributed by atoms with E-state index in [1.54, 1.807) is 36.4 Å². The van der Waals surface area contributed by atoms with Crippen LogP contribution < -0.4 is 0 Å². The fourth-order valence-corrected chi connectivity index (χ4v) is 5.24. The quantitative estimate of drug-likeness (QED) is 0.764. The summed E-state index contributed by atoms with van der Waals surface area (Å²) in [6.45, 7) is 1.65. The van der Waals surface area contributed by atoms with Crippen LogP contribution >= 0.6 is 0 Å². The topological polar surface area (TPSA) is 57.7 Å². The molecule has 0 N–H and O–H groups in total. The van der Waals surface area contributed by atoms with Crippen LogP contribution in [0.1, 0.15) is 35.2 Å². The minimum atomic E-state index is -3.77. The average Bonchev–Trinajstić information content (AvgIpc) is 2.71. The van der Waals surface area contributed by atoms with Gasteiger partial charge in [0.2, 0.25) is 5.78 Å². The number of allylic oxidation sites excluding steroid dienone is 1. The SMILES string of the molecule is CN1C(C(=O)c2ccccc2)=C(N2CCCCC2)c2ccccc2S1(=O)=O. The van der Waals surface area contributed by atoms with Crippen LogP contribution in [0.2, 0.25) is 0 Å². The number of nitrogens with zero attached hydrogens (tertiary/aromatic N) is 2. The summed E-state index contributed by atoms with van der Waals surface area (Å²) in [5.41, 5.74) is 2.08. The number of carbonyl (C=O) groups excluding carboxylic acids is 1. The third kappa shape index (κ3) is 2.94. The van der Waals surface area contributed by atoms with Crippen LogP contribution in [0.3, 0.4) is 0 Å². The smallest absolute Gasteiger partial charge is 0.264 e. The maximum Gasteiger partial charge on any atom is 0.264 e. The molecular formula is C21H22N2O3S. The minimum Gasteiger partial charge on any atom is -0.369 e. The fraction of sp³-hybridized carbons (Fsp3) is 0.286. The molecule has 4 rings (SSSR count). The molecule has 5 nitrogen and oxygen atoms in total. The summed E-state index contributed by atoms with van der Waals surface area (Å²) in [4.78, 5) is 15.8. The van der Waals surface area contributed by atoms with Crippen LogP contribution in [0, 0.1) is 0 Å². The molecule has 0 saturated carbocycles. The summed E-state index contributed by atoms with van der Waals surface area (Å²) < 4.78 is 27.4. The van der Waals surface area contributed by atoms with E-state index in [-0.39, 0.29) is 16.4 Å². The van der Waals surface area contributed by atoms with E-state index in [0.29, 0.717) is 11.1 Å². The molecule has 0 radical (unpaired) electrons. The molecule has 27 heavy (non-hydrogen) atoms. The highest BCUT2D eigenvalue weighted by Gasteiger charge is 2.39. The number of carbonyl (C=O) groups is 1. The van der Waals surface area contributed by atoms with Crippen LogP contribution in [-0.4, -0.2) is 43.5 Å². The van der Waals surface area contributed by atoms with E-state index in [1.165, 1.54) is 7.05 Å². The van der Waals surface area contributed by atoms with Gasteiger partial charge < -0.3 is 4.90 Å². The minimum absolute atomic E-state index is 0.238. The van der Waals surface area contributed by atoms with Crippen molar-refractivity contribution < 1.29 is 13.2 Å². The summed E-state index contributed by atoms with van der Waals surface area (Å²) >= 11 is 0. The molecule has 0 bridgehead atoms. The van der Waals surface area contributed by atoms with Crippen LogP contribution in [0.4, 0.5) is 0 Å². The molecule has 0 spiro atoms. The standard InChI is InChI=1S/C21H22N2O3S/c1-22-20(21(24)16-10-4-2-5-11-16)19(23-14-8-3-9-15-23)17-12-6-7-13-18(17)27(22,25)26/h2,4-7,10-13H,3,8-9,14-15H2,1H3.